The Bertz CT molecular complexity index is 568. The first kappa shape index (κ1) is 14.5. The van der Waals surface area contributed by atoms with Crippen LogP contribution in [-0.4, -0.2) is 21.8 Å². The van der Waals surface area contributed by atoms with E-state index < -0.39 is 0 Å². The van der Waals surface area contributed by atoms with Gasteiger partial charge in [0, 0.05) is 12.7 Å². The van der Waals surface area contributed by atoms with Gasteiger partial charge in [0.1, 0.15) is 10.6 Å². The average molecular weight is 290 g/mol. The van der Waals surface area contributed by atoms with E-state index in [9.17, 15) is 4.79 Å². The third-order valence-corrected chi connectivity index (χ3v) is 3.77. The summed E-state index contributed by atoms with van der Waals surface area (Å²) in [6.45, 7) is 2.80. The molecule has 0 aliphatic heterocycles. The smallest absolute Gasteiger partial charge is 0.265 e. The second-order valence-electron chi connectivity index (χ2n) is 4.45. The lowest BCUT2D eigenvalue weighted by atomic mass is 10.2. The van der Waals surface area contributed by atoms with E-state index in [1.165, 1.54) is 0 Å². The Morgan fingerprint density at radius 1 is 1.40 bits per heavy atom. The number of hydrogen-bond acceptors (Lipinski definition) is 5. The highest BCUT2D eigenvalue weighted by Gasteiger charge is 2.18. The van der Waals surface area contributed by atoms with Gasteiger partial charge in [-0.1, -0.05) is 25.8 Å². The standard InChI is InChI=1S/C14H18N4OS/c1-2-3-5-9-17-14(19)13-11(15)12(18-20-13)10-7-4-6-8-16-10/h4,6-8H,2-3,5,9,15H2,1H3,(H,17,19). The number of unbranched alkanes of at least 4 members (excludes halogenated alkanes) is 2. The van der Waals surface area contributed by atoms with Crippen molar-refractivity contribution in [3.63, 3.8) is 0 Å². The highest BCUT2D eigenvalue weighted by Crippen LogP contribution is 2.29. The zero-order chi connectivity index (χ0) is 14.4. The molecule has 2 aromatic rings. The predicted molar refractivity (Wildman–Crippen MR) is 81.6 cm³/mol. The van der Waals surface area contributed by atoms with E-state index in [0.717, 1.165) is 30.8 Å². The minimum atomic E-state index is -0.154. The van der Waals surface area contributed by atoms with Gasteiger partial charge in [0.05, 0.1) is 11.4 Å². The molecule has 0 radical (unpaired) electrons. The maximum atomic E-state index is 12.0. The molecule has 2 aromatic heterocycles. The Morgan fingerprint density at radius 2 is 2.25 bits per heavy atom. The molecule has 5 nitrogen and oxygen atoms in total. The van der Waals surface area contributed by atoms with Crippen LogP contribution in [0.1, 0.15) is 35.9 Å². The third-order valence-electron chi connectivity index (χ3n) is 2.91. The summed E-state index contributed by atoms with van der Waals surface area (Å²) in [5, 5.41) is 2.87. The molecule has 0 saturated heterocycles. The maximum absolute atomic E-state index is 12.0. The molecule has 2 heterocycles. The van der Waals surface area contributed by atoms with Crippen LogP contribution in [0.3, 0.4) is 0 Å². The van der Waals surface area contributed by atoms with Crippen molar-refractivity contribution in [3.8, 4) is 11.4 Å². The lowest BCUT2D eigenvalue weighted by Crippen LogP contribution is -2.24. The number of anilines is 1. The fourth-order valence-corrected chi connectivity index (χ4v) is 2.53. The van der Waals surface area contributed by atoms with Crippen molar-refractivity contribution < 1.29 is 4.79 Å². The number of nitrogens with two attached hydrogens (primary N) is 1. The summed E-state index contributed by atoms with van der Waals surface area (Å²) in [5.41, 5.74) is 7.68. The molecular weight excluding hydrogens is 272 g/mol. The normalized spacial score (nSPS) is 10.4. The van der Waals surface area contributed by atoms with Crippen LogP contribution in [0, 0.1) is 0 Å². The van der Waals surface area contributed by atoms with Gasteiger partial charge in [-0.2, -0.15) is 4.37 Å². The summed E-state index contributed by atoms with van der Waals surface area (Å²) in [4.78, 5) is 16.7. The largest absolute Gasteiger partial charge is 0.396 e. The molecule has 0 saturated carbocycles. The number of nitrogens with zero attached hydrogens (tertiary/aromatic N) is 2. The van der Waals surface area contributed by atoms with Gasteiger partial charge in [0.25, 0.3) is 5.91 Å². The Hall–Kier alpha value is -1.95. The monoisotopic (exact) mass is 290 g/mol. The highest BCUT2D eigenvalue weighted by atomic mass is 32.1. The number of aromatic nitrogens is 2. The van der Waals surface area contributed by atoms with Gasteiger partial charge in [0.2, 0.25) is 0 Å². The van der Waals surface area contributed by atoms with Crippen molar-refractivity contribution in [1.29, 1.82) is 0 Å². The summed E-state index contributed by atoms with van der Waals surface area (Å²) in [6, 6.07) is 5.52. The topological polar surface area (TPSA) is 80.9 Å². The molecule has 2 rings (SSSR count). The number of pyridine rings is 1. The number of nitrogen functional groups attached to an aromatic ring is 1. The Morgan fingerprint density at radius 3 is 2.95 bits per heavy atom. The lowest BCUT2D eigenvalue weighted by molar-refractivity contribution is 0.0958. The van der Waals surface area contributed by atoms with Crippen LogP contribution in [0.5, 0.6) is 0 Å². The molecule has 0 unspecified atom stereocenters. The summed E-state index contributed by atoms with van der Waals surface area (Å²) in [7, 11) is 0. The predicted octanol–water partition coefficient (Wildman–Crippen LogP) is 2.71. The van der Waals surface area contributed by atoms with Gasteiger partial charge < -0.3 is 11.1 Å². The van der Waals surface area contributed by atoms with Crippen LogP contribution in [0.4, 0.5) is 5.69 Å². The number of carbonyl (C=O) groups excluding carboxylic acids is 1. The molecule has 1 amide bonds. The fraction of sp³-hybridized carbons (Fsp3) is 0.357. The molecule has 3 N–H and O–H groups in total. The van der Waals surface area contributed by atoms with Crippen molar-refractivity contribution in [2.45, 2.75) is 26.2 Å². The van der Waals surface area contributed by atoms with Gasteiger partial charge in [-0.25, -0.2) is 0 Å². The molecule has 0 aromatic carbocycles. The zero-order valence-electron chi connectivity index (χ0n) is 11.4. The minimum absolute atomic E-state index is 0.154. The molecule has 0 atom stereocenters. The average Bonchev–Trinajstić information content (AvgIpc) is 2.86. The molecule has 0 aliphatic carbocycles. The first-order valence-electron chi connectivity index (χ1n) is 6.68. The highest BCUT2D eigenvalue weighted by molar-refractivity contribution is 7.09. The van der Waals surface area contributed by atoms with E-state index >= 15 is 0 Å². The minimum Gasteiger partial charge on any atom is -0.396 e. The lowest BCUT2D eigenvalue weighted by Gasteiger charge is -2.03. The van der Waals surface area contributed by atoms with Crippen LogP contribution in [-0.2, 0) is 0 Å². The Balaban J connectivity index is 2.07. The molecule has 20 heavy (non-hydrogen) atoms. The van der Waals surface area contributed by atoms with E-state index in [1.54, 1.807) is 6.20 Å². The second-order valence-corrected chi connectivity index (χ2v) is 5.23. The van der Waals surface area contributed by atoms with Gasteiger partial charge in [-0.3, -0.25) is 9.78 Å². The van der Waals surface area contributed by atoms with Gasteiger partial charge in [-0.05, 0) is 30.1 Å². The van der Waals surface area contributed by atoms with Gasteiger partial charge in [-0.15, -0.1) is 0 Å². The van der Waals surface area contributed by atoms with Crippen molar-refractivity contribution in [2.75, 3.05) is 12.3 Å². The summed E-state index contributed by atoms with van der Waals surface area (Å²) in [5.74, 6) is -0.154. The van der Waals surface area contributed by atoms with E-state index in [0.29, 0.717) is 28.5 Å². The molecule has 0 fully saturated rings. The Kier molecular flexibility index (Phi) is 5.06. The van der Waals surface area contributed by atoms with E-state index in [2.05, 4.69) is 21.6 Å². The number of nitrogens with one attached hydrogen (secondary N) is 1. The number of amides is 1. The molecule has 6 heteroatoms. The third kappa shape index (κ3) is 3.33. The van der Waals surface area contributed by atoms with Crippen LogP contribution >= 0.6 is 11.5 Å². The van der Waals surface area contributed by atoms with Crippen LogP contribution in [0.25, 0.3) is 11.4 Å². The van der Waals surface area contributed by atoms with Crippen LogP contribution in [0.15, 0.2) is 24.4 Å². The second kappa shape index (κ2) is 7.00. The summed E-state index contributed by atoms with van der Waals surface area (Å²) in [6.07, 6.45) is 4.90. The molecule has 0 aliphatic rings. The maximum Gasteiger partial charge on any atom is 0.265 e. The van der Waals surface area contributed by atoms with Crippen LogP contribution in [0.2, 0.25) is 0 Å². The molecule has 106 valence electrons. The quantitative estimate of drug-likeness (QED) is 0.801. The zero-order valence-corrected chi connectivity index (χ0v) is 12.2. The van der Waals surface area contributed by atoms with Crippen molar-refractivity contribution in [1.82, 2.24) is 14.7 Å². The summed E-state index contributed by atoms with van der Waals surface area (Å²) < 4.78 is 4.24. The van der Waals surface area contributed by atoms with Crippen molar-refractivity contribution >= 4 is 23.1 Å². The number of rotatable bonds is 6. The van der Waals surface area contributed by atoms with Crippen LogP contribution < -0.4 is 11.1 Å². The number of hydrogen-bond donors (Lipinski definition) is 2. The van der Waals surface area contributed by atoms with E-state index in [1.807, 2.05) is 18.2 Å². The number of carbonyl (C=O) groups is 1. The summed E-state index contributed by atoms with van der Waals surface area (Å²) >= 11 is 1.12. The van der Waals surface area contributed by atoms with Gasteiger partial charge in [0.15, 0.2) is 0 Å². The van der Waals surface area contributed by atoms with E-state index in [-0.39, 0.29) is 5.91 Å². The first-order chi connectivity index (χ1) is 9.74. The molecule has 0 spiro atoms. The fourth-order valence-electron chi connectivity index (χ4n) is 1.81. The molecule has 0 bridgehead atoms. The van der Waals surface area contributed by atoms with Crippen molar-refractivity contribution in [3.05, 3.63) is 29.3 Å². The van der Waals surface area contributed by atoms with E-state index in [4.69, 9.17) is 5.73 Å². The molecular formula is C14H18N4OS. The first-order valence-corrected chi connectivity index (χ1v) is 7.46. The SMILES string of the molecule is CCCCCNC(=O)c1snc(-c2ccccn2)c1N. The van der Waals surface area contributed by atoms with Gasteiger partial charge >= 0.3 is 0 Å². The Labute approximate surface area is 122 Å². The van der Waals surface area contributed by atoms with Crippen molar-refractivity contribution in [2.24, 2.45) is 0 Å².